The quantitative estimate of drug-likeness (QED) is 0.270. The monoisotopic (exact) mass is 624 g/mol. The molecule has 1 atom stereocenters. The summed E-state index contributed by atoms with van der Waals surface area (Å²) < 4.78 is 27.9. The third kappa shape index (κ3) is 8.92. The van der Waals surface area contributed by atoms with E-state index in [1.165, 1.54) is 35.2 Å². The number of nitrogens with two attached hydrogens (primary N) is 2. The first-order valence-corrected chi connectivity index (χ1v) is 16.1. The van der Waals surface area contributed by atoms with Gasteiger partial charge in [0.1, 0.15) is 0 Å². The van der Waals surface area contributed by atoms with E-state index in [1.807, 2.05) is 24.3 Å². The van der Waals surface area contributed by atoms with Crippen LogP contribution in [0.25, 0.3) is 0 Å². The SMILES string of the molecule is CC(C)N(C)S(=O)(=O)c1ccc(Sc2ccc(C(N)=O)cc2)c(C(=O)NC(CC(N)=O)Cc2ccc(C(C)(C)C)cc2)c1. The molecule has 5 N–H and O–H groups in total. The van der Waals surface area contributed by atoms with Crippen molar-refractivity contribution in [1.82, 2.24) is 9.62 Å². The first-order chi connectivity index (χ1) is 20.0. The summed E-state index contributed by atoms with van der Waals surface area (Å²) in [5.41, 5.74) is 13.4. The molecule has 3 rings (SSSR count). The van der Waals surface area contributed by atoms with Crippen LogP contribution in [0.15, 0.2) is 81.4 Å². The number of carbonyl (C=O) groups excluding carboxylic acids is 3. The lowest BCUT2D eigenvalue weighted by molar-refractivity contribution is -0.118. The molecule has 43 heavy (non-hydrogen) atoms. The minimum absolute atomic E-state index is 0.0252. The normalized spacial score (nSPS) is 12.7. The number of carbonyl (C=O) groups is 3. The number of hydrogen-bond donors (Lipinski definition) is 3. The zero-order valence-corrected chi connectivity index (χ0v) is 27.0. The highest BCUT2D eigenvalue weighted by atomic mass is 32.2. The van der Waals surface area contributed by atoms with E-state index in [4.69, 9.17) is 11.5 Å². The van der Waals surface area contributed by atoms with E-state index >= 15 is 0 Å². The Morgan fingerprint density at radius 1 is 0.930 bits per heavy atom. The Balaban J connectivity index is 1.99. The van der Waals surface area contributed by atoms with Crippen molar-refractivity contribution < 1.29 is 22.8 Å². The molecule has 0 aliphatic rings. The summed E-state index contributed by atoms with van der Waals surface area (Å²) in [7, 11) is -2.41. The lowest BCUT2D eigenvalue weighted by atomic mass is 9.86. The number of nitrogens with one attached hydrogen (secondary N) is 1. The molecule has 3 amide bonds. The first kappa shape index (κ1) is 33.8. The number of amides is 3. The predicted molar refractivity (Wildman–Crippen MR) is 170 cm³/mol. The minimum Gasteiger partial charge on any atom is -0.370 e. The van der Waals surface area contributed by atoms with Gasteiger partial charge in [-0.2, -0.15) is 4.31 Å². The molecule has 3 aromatic rings. The number of nitrogens with zero attached hydrogens (tertiary/aromatic N) is 1. The highest BCUT2D eigenvalue weighted by Crippen LogP contribution is 2.33. The van der Waals surface area contributed by atoms with Gasteiger partial charge in [0.2, 0.25) is 21.8 Å². The number of primary amides is 2. The molecule has 0 aliphatic heterocycles. The highest BCUT2D eigenvalue weighted by molar-refractivity contribution is 7.99. The molecular formula is C32H40N4O5S2. The average molecular weight is 625 g/mol. The van der Waals surface area contributed by atoms with Gasteiger partial charge in [-0.15, -0.1) is 0 Å². The first-order valence-electron chi connectivity index (χ1n) is 13.9. The van der Waals surface area contributed by atoms with E-state index in [0.717, 1.165) is 11.1 Å². The average Bonchev–Trinajstić information content (AvgIpc) is 2.92. The fourth-order valence-electron chi connectivity index (χ4n) is 4.30. The second-order valence-electron chi connectivity index (χ2n) is 11.8. The van der Waals surface area contributed by atoms with Gasteiger partial charge in [0.25, 0.3) is 5.91 Å². The van der Waals surface area contributed by atoms with Crippen LogP contribution in [0.5, 0.6) is 0 Å². The van der Waals surface area contributed by atoms with Crippen molar-refractivity contribution in [2.45, 2.75) is 79.6 Å². The second kappa shape index (κ2) is 13.7. The van der Waals surface area contributed by atoms with E-state index < -0.39 is 33.8 Å². The molecule has 0 saturated heterocycles. The molecule has 0 fully saturated rings. The Kier molecular flexibility index (Phi) is 10.8. The standard InChI is InChI=1S/C32H40N4O5S2/c1-20(2)36(6)43(40,41)26-15-16-28(42-25-13-9-22(10-14-25)30(34)38)27(19-26)31(39)35-24(18-29(33)37)17-21-7-11-23(12-8-21)32(3,4)5/h7-16,19-20,24H,17-18H2,1-6H3,(H2,33,37)(H2,34,38)(H,35,39). The molecule has 0 saturated carbocycles. The topological polar surface area (TPSA) is 153 Å². The number of benzene rings is 3. The Bertz CT molecular complexity index is 1580. The fraction of sp³-hybridized carbons (Fsp3) is 0.344. The van der Waals surface area contributed by atoms with Crippen LogP contribution >= 0.6 is 11.8 Å². The third-order valence-corrected chi connectivity index (χ3v) is 10.2. The van der Waals surface area contributed by atoms with Crippen molar-refractivity contribution in [3.05, 3.63) is 89.0 Å². The van der Waals surface area contributed by atoms with Gasteiger partial charge in [0, 0.05) is 40.9 Å². The zero-order chi connectivity index (χ0) is 32.1. The molecule has 0 heterocycles. The molecule has 0 spiro atoms. The lowest BCUT2D eigenvalue weighted by Crippen LogP contribution is -2.39. The van der Waals surface area contributed by atoms with Crippen LogP contribution in [0, 0.1) is 0 Å². The highest BCUT2D eigenvalue weighted by Gasteiger charge is 2.27. The number of sulfonamides is 1. The van der Waals surface area contributed by atoms with Crippen molar-refractivity contribution >= 4 is 39.5 Å². The van der Waals surface area contributed by atoms with Gasteiger partial charge in [0.15, 0.2) is 0 Å². The molecule has 1 unspecified atom stereocenters. The number of rotatable bonds is 12. The summed E-state index contributed by atoms with van der Waals surface area (Å²) >= 11 is 1.23. The summed E-state index contributed by atoms with van der Waals surface area (Å²) in [6.07, 6.45) is 0.252. The largest absolute Gasteiger partial charge is 0.370 e. The molecular weight excluding hydrogens is 585 g/mol. The van der Waals surface area contributed by atoms with Crippen LogP contribution in [0.4, 0.5) is 0 Å². The van der Waals surface area contributed by atoms with Crippen LogP contribution in [-0.2, 0) is 26.7 Å². The van der Waals surface area contributed by atoms with E-state index in [0.29, 0.717) is 21.8 Å². The molecule has 0 aliphatic carbocycles. The summed E-state index contributed by atoms with van der Waals surface area (Å²) in [6.45, 7) is 9.87. The summed E-state index contributed by atoms with van der Waals surface area (Å²) in [5, 5.41) is 2.92. The second-order valence-corrected chi connectivity index (χ2v) is 14.9. The molecule has 0 bridgehead atoms. The predicted octanol–water partition coefficient (Wildman–Crippen LogP) is 4.48. The van der Waals surface area contributed by atoms with Crippen LogP contribution in [0.1, 0.15) is 72.9 Å². The molecule has 3 aromatic carbocycles. The third-order valence-electron chi connectivity index (χ3n) is 7.05. The van der Waals surface area contributed by atoms with Gasteiger partial charge in [0.05, 0.1) is 10.5 Å². The molecule has 0 aromatic heterocycles. The van der Waals surface area contributed by atoms with Gasteiger partial charge in [-0.05, 0) is 79.3 Å². The van der Waals surface area contributed by atoms with Crippen LogP contribution in [-0.4, -0.2) is 49.6 Å². The lowest BCUT2D eigenvalue weighted by Gasteiger charge is -2.23. The Morgan fingerprint density at radius 2 is 1.53 bits per heavy atom. The smallest absolute Gasteiger partial charge is 0.252 e. The molecule has 0 radical (unpaired) electrons. The molecule has 230 valence electrons. The van der Waals surface area contributed by atoms with Crippen LogP contribution < -0.4 is 16.8 Å². The van der Waals surface area contributed by atoms with Gasteiger partial charge in [-0.1, -0.05) is 56.8 Å². The summed E-state index contributed by atoms with van der Waals surface area (Å²) in [5.74, 6) is -1.68. The Hall–Kier alpha value is -3.67. The Labute approximate surface area is 258 Å². The van der Waals surface area contributed by atoms with Gasteiger partial charge < -0.3 is 16.8 Å². The maximum absolute atomic E-state index is 13.8. The van der Waals surface area contributed by atoms with Gasteiger partial charge >= 0.3 is 0 Å². The van der Waals surface area contributed by atoms with E-state index in [2.05, 4.69) is 26.1 Å². The van der Waals surface area contributed by atoms with E-state index in [9.17, 15) is 22.8 Å². The van der Waals surface area contributed by atoms with Crippen molar-refractivity contribution in [3.8, 4) is 0 Å². The van der Waals surface area contributed by atoms with Crippen molar-refractivity contribution in [3.63, 3.8) is 0 Å². The van der Waals surface area contributed by atoms with Gasteiger partial charge in [-0.3, -0.25) is 14.4 Å². The maximum atomic E-state index is 13.8. The summed E-state index contributed by atoms with van der Waals surface area (Å²) in [6, 6.07) is 18.0. The maximum Gasteiger partial charge on any atom is 0.252 e. The van der Waals surface area contributed by atoms with E-state index in [-0.39, 0.29) is 28.3 Å². The molecule has 11 heteroatoms. The minimum atomic E-state index is -3.89. The zero-order valence-electron chi connectivity index (χ0n) is 25.4. The number of hydrogen-bond acceptors (Lipinski definition) is 6. The molecule has 9 nitrogen and oxygen atoms in total. The Morgan fingerprint density at radius 3 is 2.05 bits per heavy atom. The van der Waals surface area contributed by atoms with Crippen molar-refractivity contribution in [1.29, 1.82) is 0 Å². The van der Waals surface area contributed by atoms with Crippen LogP contribution in [0.2, 0.25) is 0 Å². The fourth-order valence-corrected chi connectivity index (χ4v) is 6.62. The van der Waals surface area contributed by atoms with Crippen molar-refractivity contribution in [2.24, 2.45) is 11.5 Å². The van der Waals surface area contributed by atoms with Crippen LogP contribution in [0.3, 0.4) is 0 Å². The summed E-state index contributed by atoms with van der Waals surface area (Å²) in [4.78, 5) is 38.4. The van der Waals surface area contributed by atoms with E-state index in [1.54, 1.807) is 44.2 Å². The van der Waals surface area contributed by atoms with Gasteiger partial charge in [-0.25, -0.2) is 8.42 Å². The van der Waals surface area contributed by atoms with Crippen molar-refractivity contribution in [2.75, 3.05) is 7.05 Å².